The first kappa shape index (κ1) is 49.9. The summed E-state index contributed by atoms with van der Waals surface area (Å²) in [6.45, 7) is 15.8. The zero-order chi connectivity index (χ0) is 55.6. The topological polar surface area (TPSA) is 99.9 Å². The van der Waals surface area contributed by atoms with E-state index in [4.69, 9.17) is 28.1 Å². The molecule has 0 unspecified atom stereocenters. The monoisotopic (exact) mass is 1060 g/mol. The van der Waals surface area contributed by atoms with Crippen molar-refractivity contribution < 1.29 is 0 Å². The van der Waals surface area contributed by atoms with Gasteiger partial charge in [0, 0.05) is 44.3 Å². The Balaban J connectivity index is 1.12. The highest BCUT2D eigenvalue weighted by molar-refractivity contribution is 7.19. The van der Waals surface area contributed by atoms with Crippen molar-refractivity contribution in [3.8, 4) is 85.4 Å². The normalized spacial score (nSPS) is 11.1. The first-order valence-corrected chi connectivity index (χ1v) is 28.7. The van der Waals surface area contributed by atoms with Crippen molar-refractivity contribution in [2.75, 3.05) is 0 Å². The molecule has 9 heteroatoms. The number of hydrogen-bond acceptors (Lipinski definition) is 5. The number of hydrogen-bond donors (Lipinski definition) is 0. The maximum absolute atomic E-state index is 10.1. The van der Waals surface area contributed by atoms with Gasteiger partial charge in [0.05, 0.1) is 36.3 Å². The molecule has 0 aliphatic carbocycles. The van der Waals surface area contributed by atoms with Crippen molar-refractivity contribution in [3.63, 3.8) is 0 Å². The maximum Gasteiger partial charge on any atom is 0.189 e. The van der Waals surface area contributed by atoms with Crippen LogP contribution in [0.15, 0.2) is 267 Å². The standard InChI is InChI=1S/C73H44N8Si/c1-76-58-39-49(47-74)37-56(41-58)53-31-34-66-67-35-32-54(57-38-50(48-75)40-59(42-57)77-2)45-70(67)81(69(66)44-53)60-33-36-65(68(46-60)73-79-71(51-19-8-3-9-20-51)78-72(80-73)52-21-10-4-11-22-52)55-23-18-30-64(43-55)82(61-24-12-5-13-25-61,62-26-14-6-15-27-62)63-28-16-7-17-29-63/h3-46H. The highest BCUT2D eigenvalue weighted by Gasteiger charge is 2.41. The molecule has 2 heterocycles. The van der Waals surface area contributed by atoms with E-state index in [2.05, 4.69) is 184 Å². The fraction of sp³-hybridized carbons (Fsp3) is 0. The predicted octanol–water partition coefficient (Wildman–Crippen LogP) is 15.2. The Labute approximate surface area is 475 Å². The van der Waals surface area contributed by atoms with E-state index in [9.17, 15) is 10.5 Å². The van der Waals surface area contributed by atoms with Crippen LogP contribution in [0.3, 0.4) is 0 Å². The third kappa shape index (κ3) is 9.04. The van der Waals surface area contributed by atoms with Gasteiger partial charge in [-0.25, -0.2) is 24.6 Å². The largest absolute Gasteiger partial charge is 0.309 e. The second-order valence-corrected chi connectivity index (χ2v) is 23.8. The molecule has 0 radical (unpaired) electrons. The van der Waals surface area contributed by atoms with Crippen molar-refractivity contribution in [3.05, 3.63) is 301 Å². The second kappa shape index (κ2) is 21.3. The van der Waals surface area contributed by atoms with E-state index in [0.717, 1.165) is 77.6 Å². The molecule has 0 aliphatic heterocycles. The molecule has 0 atom stereocenters. The van der Waals surface area contributed by atoms with Gasteiger partial charge in [0.15, 0.2) is 36.9 Å². The summed E-state index contributed by atoms with van der Waals surface area (Å²) in [6, 6.07) is 95.7. The summed E-state index contributed by atoms with van der Waals surface area (Å²) in [5, 5.41) is 27.1. The highest BCUT2D eigenvalue weighted by Crippen LogP contribution is 2.41. The third-order valence-electron chi connectivity index (χ3n) is 15.2. The molecule has 0 bridgehead atoms. The lowest BCUT2D eigenvalue weighted by molar-refractivity contribution is 1.07. The molecule has 0 saturated heterocycles. The Morgan fingerprint density at radius 2 is 0.768 bits per heavy atom. The van der Waals surface area contributed by atoms with Gasteiger partial charge in [-0.15, -0.1) is 0 Å². The van der Waals surface area contributed by atoms with E-state index in [-0.39, 0.29) is 0 Å². The van der Waals surface area contributed by atoms with Gasteiger partial charge in [0.25, 0.3) is 0 Å². The van der Waals surface area contributed by atoms with Crippen LogP contribution in [0, 0.1) is 35.8 Å². The van der Waals surface area contributed by atoms with E-state index in [1.807, 2.05) is 97.1 Å². The summed E-state index contributed by atoms with van der Waals surface area (Å²) in [5.41, 5.74) is 11.6. The van der Waals surface area contributed by atoms with Crippen molar-refractivity contribution in [1.82, 2.24) is 19.5 Å². The molecule has 0 amide bonds. The summed E-state index contributed by atoms with van der Waals surface area (Å²) >= 11 is 0. The van der Waals surface area contributed by atoms with Crippen LogP contribution in [0.1, 0.15) is 11.1 Å². The average molecular weight is 1060 g/mol. The Kier molecular flexibility index (Phi) is 13.0. The number of aromatic nitrogens is 4. The SMILES string of the molecule is [C-]#[N+]c1cc(C#N)cc(-c2ccc3c4ccc(-c5cc(C#N)cc([N+]#[C-])c5)cc4n(-c4ccc(-c5cccc([Si](c6ccccc6)(c6ccccc6)c6ccccc6)c5)c(-c5nc(-c6ccccc6)nc(-c6ccccc6)n5)c4)c3c2)c1. The van der Waals surface area contributed by atoms with Crippen LogP contribution < -0.4 is 20.7 Å². The number of nitrogens with zero attached hydrogens (tertiary/aromatic N) is 8. The summed E-state index contributed by atoms with van der Waals surface area (Å²) in [6.07, 6.45) is 0. The molecule has 0 N–H and O–H groups in total. The van der Waals surface area contributed by atoms with E-state index < -0.39 is 8.07 Å². The first-order valence-electron chi connectivity index (χ1n) is 26.7. The molecule has 82 heavy (non-hydrogen) atoms. The molecule has 0 spiro atoms. The van der Waals surface area contributed by atoms with Gasteiger partial charge in [-0.2, -0.15) is 10.5 Å². The number of nitriles is 2. The smallest absolute Gasteiger partial charge is 0.189 e. The second-order valence-electron chi connectivity index (χ2n) is 20.0. The summed E-state index contributed by atoms with van der Waals surface area (Å²) in [7, 11) is -2.99. The molecular formula is C73H44N8Si. The third-order valence-corrected chi connectivity index (χ3v) is 20.0. The molecule has 2 aromatic heterocycles. The van der Waals surface area contributed by atoms with Gasteiger partial charge < -0.3 is 4.57 Å². The molecule has 8 nitrogen and oxygen atoms in total. The predicted molar refractivity (Wildman–Crippen MR) is 332 cm³/mol. The average Bonchev–Trinajstić information content (AvgIpc) is 4.07. The fourth-order valence-corrected chi connectivity index (χ4v) is 16.3. The van der Waals surface area contributed by atoms with Crippen LogP contribution in [0.2, 0.25) is 0 Å². The van der Waals surface area contributed by atoms with E-state index in [0.29, 0.717) is 40.0 Å². The molecule has 0 fully saturated rings. The summed E-state index contributed by atoms with van der Waals surface area (Å²) in [5.74, 6) is 1.54. The Morgan fingerprint density at radius 3 is 1.22 bits per heavy atom. The van der Waals surface area contributed by atoms with Crippen LogP contribution >= 0.6 is 0 Å². The van der Waals surface area contributed by atoms with Gasteiger partial charge in [0.1, 0.15) is 0 Å². The van der Waals surface area contributed by atoms with Crippen LogP contribution in [-0.4, -0.2) is 27.6 Å². The lowest BCUT2D eigenvalue weighted by Gasteiger charge is -2.34. The van der Waals surface area contributed by atoms with Crippen LogP contribution in [0.25, 0.3) is 105 Å². The van der Waals surface area contributed by atoms with Crippen LogP contribution in [0.4, 0.5) is 11.4 Å². The highest BCUT2D eigenvalue weighted by atomic mass is 28.3. The quantitative estimate of drug-likeness (QED) is 0.0730. The Bertz CT molecular complexity index is 4430. The minimum Gasteiger partial charge on any atom is -0.309 e. The maximum atomic E-state index is 10.1. The van der Waals surface area contributed by atoms with Gasteiger partial charge in [-0.1, -0.05) is 206 Å². The zero-order valence-electron chi connectivity index (χ0n) is 44.0. The lowest BCUT2D eigenvalue weighted by Crippen LogP contribution is -2.74. The van der Waals surface area contributed by atoms with E-state index in [1.165, 1.54) is 20.7 Å². The molecule has 380 valence electrons. The van der Waals surface area contributed by atoms with Gasteiger partial charge in [-0.3, -0.25) is 0 Å². The number of benzene rings is 11. The van der Waals surface area contributed by atoms with Gasteiger partial charge in [-0.05, 0) is 115 Å². The fourth-order valence-electron chi connectivity index (χ4n) is 11.5. The molecular weight excluding hydrogens is 1020 g/mol. The van der Waals surface area contributed by atoms with Crippen molar-refractivity contribution in [1.29, 1.82) is 10.5 Å². The molecule has 13 rings (SSSR count). The number of rotatable bonds is 11. The first-order chi connectivity index (χ1) is 40.4. The molecule has 0 saturated carbocycles. The van der Waals surface area contributed by atoms with Crippen molar-refractivity contribution in [2.45, 2.75) is 0 Å². The minimum atomic E-state index is -2.99. The molecule has 11 aromatic carbocycles. The summed E-state index contributed by atoms with van der Waals surface area (Å²) < 4.78 is 2.24. The molecule has 0 aliphatic rings. The minimum absolute atomic E-state index is 0.375. The summed E-state index contributed by atoms with van der Waals surface area (Å²) in [4.78, 5) is 23.4. The van der Waals surface area contributed by atoms with E-state index >= 15 is 0 Å². The Morgan fingerprint density at radius 1 is 0.341 bits per heavy atom. The van der Waals surface area contributed by atoms with Crippen molar-refractivity contribution in [2.24, 2.45) is 0 Å². The lowest BCUT2D eigenvalue weighted by atomic mass is 9.98. The van der Waals surface area contributed by atoms with Crippen molar-refractivity contribution >= 4 is 62.0 Å². The Hall–Kier alpha value is -11.6. The zero-order valence-corrected chi connectivity index (χ0v) is 45.0. The molecule has 13 aromatic rings. The van der Waals surface area contributed by atoms with Crippen LogP contribution in [-0.2, 0) is 0 Å². The van der Waals surface area contributed by atoms with Gasteiger partial charge in [0.2, 0.25) is 0 Å². The van der Waals surface area contributed by atoms with Crippen LogP contribution in [0.5, 0.6) is 0 Å². The van der Waals surface area contributed by atoms with Gasteiger partial charge >= 0.3 is 0 Å². The van der Waals surface area contributed by atoms with E-state index in [1.54, 1.807) is 12.1 Å². The number of fused-ring (bicyclic) bond motifs is 3.